The summed E-state index contributed by atoms with van der Waals surface area (Å²) in [5, 5.41) is 9.93. The fraction of sp³-hybridized carbons (Fsp3) is 0.571. The Labute approximate surface area is 114 Å². The summed E-state index contributed by atoms with van der Waals surface area (Å²) in [6.07, 6.45) is 1.69. The van der Waals surface area contributed by atoms with Gasteiger partial charge in [-0.05, 0) is 31.0 Å². The van der Waals surface area contributed by atoms with Crippen molar-refractivity contribution in [3.63, 3.8) is 0 Å². The highest BCUT2D eigenvalue weighted by atomic mass is 35.5. The molecule has 3 nitrogen and oxygen atoms in total. The highest BCUT2D eigenvalue weighted by molar-refractivity contribution is 6.32. The van der Waals surface area contributed by atoms with Gasteiger partial charge in [0.15, 0.2) is 0 Å². The van der Waals surface area contributed by atoms with E-state index in [2.05, 4.69) is 6.92 Å². The van der Waals surface area contributed by atoms with Crippen molar-refractivity contribution >= 4 is 11.6 Å². The fourth-order valence-electron chi connectivity index (χ4n) is 1.45. The Morgan fingerprint density at radius 3 is 2.67 bits per heavy atom. The Balaban J connectivity index is 2.34. The zero-order valence-electron chi connectivity index (χ0n) is 11.0. The molecule has 1 atom stereocenters. The van der Waals surface area contributed by atoms with E-state index >= 15 is 0 Å². The number of benzene rings is 1. The lowest BCUT2D eigenvalue weighted by molar-refractivity contribution is 0.0980. The minimum absolute atomic E-state index is 0.484. The third-order valence-electron chi connectivity index (χ3n) is 2.57. The number of rotatable bonds is 8. The molecule has 0 aliphatic carbocycles. The van der Waals surface area contributed by atoms with Gasteiger partial charge in [0.1, 0.15) is 12.4 Å². The first-order valence-electron chi connectivity index (χ1n) is 6.33. The van der Waals surface area contributed by atoms with Crippen molar-refractivity contribution in [2.24, 2.45) is 0 Å². The van der Waals surface area contributed by atoms with Crippen LogP contribution in [0.2, 0.25) is 5.02 Å². The van der Waals surface area contributed by atoms with Crippen LogP contribution in [0.1, 0.15) is 38.4 Å². The molecule has 4 heteroatoms. The smallest absolute Gasteiger partial charge is 0.138 e. The number of ether oxygens (including phenoxy) is 2. The topological polar surface area (TPSA) is 38.7 Å². The van der Waals surface area contributed by atoms with Crippen molar-refractivity contribution in [3.8, 4) is 5.75 Å². The minimum Gasteiger partial charge on any atom is -0.490 e. The Morgan fingerprint density at radius 1 is 1.28 bits per heavy atom. The summed E-state index contributed by atoms with van der Waals surface area (Å²) in [4.78, 5) is 0. The van der Waals surface area contributed by atoms with Crippen molar-refractivity contribution in [2.45, 2.75) is 32.8 Å². The fourth-order valence-corrected chi connectivity index (χ4v) is 1.70. The maximum atomic E-state index is 9.42. The number of unbranched alkanes of at least 4 members (excludes halogenated alkanes) is 1. The van der Waals surface area contributed by atoms with Crippen LogP contribution >= 0.6 is 11.6 Å². The summed E-state index contributed by atoms with van der Waals surface area (Å²) >= 11 is 6.06. The average Bonchev–Trinajstić information content (AvgIpc) is 2.35. The molecule has 0 heterocycles. The lowest BCUT2D eigenvalue weighted by atomic mass is 10.1. The van der Waals surface area contributed by atoms with Crippen molar-refractivity contribution in [3.05, 3.63) is 28.8 Å². The van der Waals surface area contributed by atoms with Gasteiger partial charge in [-0.15, -0.1) is 0 Å². The molecule has 0 bridgehead atoms. The zero-order chi connectivity index (χ0) is 13.4. The Hall–Kier alpha value is -0.770. The van der Waals surface area contributed by atoms with Gasteiger partial charge in [0.05, 0.1) is 17.7 Å². The summed E-state index contributed by atoms with van der Waals surface area (Å²) in [6, 6.07) is 5.31. The van der Waals surface area contributed by atoms with E-state index in [1.54, 1.807) is 19.1 Å². The summed E-state index contributed by atoms with van der Waals surface area (Å²) in [6.45, 7) is 5.65. The van der Waals surface area contributed by atoms with E-state index in [-0.39, 0.29) is 0 Å². The predicted octanol–water partition coefficient (Wildman–Crippen LogP) is 3.59. The van der Waals surface area contributed by atoms with E-state index in [9.17, 15) is 5.11 Å². The van der Waals surface area contributed by atoms with Crippen LogP contribution in [0.3, 0.4) is 0 Å². The predicted molar refractivity (Wildman–Crippen MR) is 73.3 cm³/mol. The van der Waals surface area contributed by atoms with Crippen molar-refractivity contribution in [1.29, 1.82) is 0 Å². The second kappa shape index (κ2) is 8.35. The first kappa shape index (κ1) is 15.3. The van der Waals surface area contributed by atoms with Gasteiger partial charge >= 0.3 is 0 Å². The first-order chi connectivity index (χ1) is 8.65. The van der Waals surface area contributed by atoms with Crippen LogP contribution in [0, 0.1) is 0 Å². The van der Waals surface area contributed by atoms with Crippen LogP contribution in [0.4, 0.5) is 0 Å². The average molecular weight is 273 g/mol. The third-order valence-corrected chi connectivity index (χ3v) is 2.86. The molecule has 0 spiro atoms. The van der Waals surface area contributed by atoms with Crippen molar-refractivity contribution in [1.82, 2.24) is 0 Å². The Kier molecular flexibility index (Phi) is 7.09. The number of hydrogen-bond donors (Lipinski definition) is 1. The lowest BCUT2D eigenvalue weighted by Gasteiger charge is -2.11. The monoisotopic (exact) mass is 272 g/mol. The molecule has 1 aromatic carbocycles. The summed E-state index contributed by atoms with van der Waals surface area (Å²) in [7, 11) is 0. The zero-order valence-corrected chi connectivity index (χ0v) is 11.7. The molecule has 0 unspecified atom stereocenters. The minimum atomic E-state index is -0.520. The Bertz CT molecular complexity index is 353. The molecule has 0 fully saturated rings. The van der Waals surface area contributed by atoms with Crippen molar-refractivity contribution in [2.75, 3.05) is 19.8 Å². The van der Waals surface area contributed by atoms with E-state index in [4.69, 9.17) is 21.1 Å². The summed E-state index contributed by atoms with van der Waals surface area (Å²) in [5.74, 6) is 0.625. The highest BCUT2D eigenvalue weighted by Gasteiger charge is 2.06. The van der Waals surface area contributed by atoms with Crippen molar-refractivity contribution < 1.29 is 14.6 Å². The molecule has 0 radical (unpaired) electrons. The molecule has 18 heavy (non-hydrogen) atoms. The first-order valence-corrected chi connectivity index (χ1v) is 6.71. The van der Waals surface area contributed by atoms with E-state index in [1.807, 2.05) is 6.07 Å². The standard InChI is InChI=1S/C14H21ClO3/c1-3-4-7-17-8-9-18-14-6-5-12(11(2)16)10-13(14)15/h5-6,10-11,16H,3-4,7-9H2,1-2H3/t11-/m0/s1. The second-order valence-corrected chi connectivity index (χ2v) is 4.59. The van der Waals surface area contributed by atoms with Crippen LogP contribution in [-0.2, 0) is 4.74 Å². The van der Waals surface area contributed by atoms with Crippen LogP contribution in [0.15, 0.2) is 18.2 Å². The van der Waals surface area contributed by atoms with Crippen LogP contribution in [0.25, 0.3) is 0 Å². The summed E-state index contributed by atoms with van der Waals surface area (Å²) < 4.78 is 10.9. The molecular formula is C14H21ClO3. The number of aliphatic hydroxyl groups excluding tert-OH is 1. The summed E-state index contributed by atoms with van der Waals surface area (Å²) in [5.41, 5.74) is 0.784. The van der Waals surface area contributed by atoms with E-state index in [0.717, 1.165) is 25.0 Å². The van der Waals surface area contributed by atoms with E-state index in [1.165, 1.54) is 0 Å². The van der Waals surface area contributed by atoms with Gasteiger partial charge < -0.3 is 14.6 Å². The van der Waals surface area contributed by atoms with Gasteiger partial charge in [0.2, 0.25) is 0 Å². The lowest BCUT2D eigenvalue weighted by Crippen LogP contribution is -2.07. The van der Waals surface area contributed by atoms with Gasteiger partial charge in [-0.2, -0.15) is 0 Å². The normalized spacial score (nSPS) is 12.4. The second-order valence-electron chi connectivity index (χ2n) is 4.18. The van der Waals surface area contributed by atoms with Gasteiger partial charge in [0, 0.05) is 6.61 Å². The van der Waals surface area contributed by atoms with Gasteiger partial charge in [-0.1, -0.05) is 31.0 Å². The number of halogens is 1. The van der Waals surface area contributed by atoms with Gasteiger partial charge in [-0.25, -0.2) is 0 Å². The molecule has 1 N–H and O–H groups in total. The molecule has 0 aliphatic rings. The molecule has 1 aromatic rings. The molecule has 0 saturated heterocycles. The highest BCUT2D eigenvalue weighted by Crippen LogP contribution is 2.27. The van der Waals surface area contributed by atoms with Gasteiger partial charge in [-0.3, -0.25) is 0 Å². The van der Waals surface area contributed by atoms with Crippen LogP contribution < -0.4 is 4.74 Å². The molecule has 0 aromatic heterocycles. The van der Waals surface area contributed by atoms with Crippen LogP contribution in [-0.4, -0.2) is 24.9 Å². The largest absolute Gasteiger partial charge is 0.490 e. The van der Waals surface area contributed by atoms with E-state index in [0.29, 0.717) is 24.0 Å². The maximum Gasteiger partial charge on any atom is 0.138 e. The van der Waals surface area contributed by atoms with Crippen LogP contribution in [0.5, 0.6) is 5.75 Å². The SMILES string of the molecule is CCCCOCCOc1ccc([C@H](C)O)cc1Cl. The molecule has 0 aliphatic heterocycles. The maximum absolute atomic E-state index is 9.42. The quantitative estimate of drug-likeness (QED) is 0.735. The number of hydrogen-bond acceptors (Lipinski definition) is 3. The molecule has 102 valence electrons. The molecular weight excluding hydrogens is 252 g/mol. The van der Waals surface area contributed by atoms with Gasteiger partial charge in [0.25, 0.3) is 0 Å². The van der Waals surface area contributed by atoms with E-state index < -0.39 is 6.10 Å². The molecule has 1 rings (SSSR count). The molecule has 0 saturated carbocycles. The number of aliphatic hydroxyl groups is 1. The Morgan fingerprint density at radius 2 is 2.06 bits per heavy atom. The molecule has 0 amide bonds. The third kappa shape index (κ3) is 5.25.